The monoisotopic (exact) mass is 465 g/mol. The van der Waals surface area contributed by atoms with Crippen molar-refractivity contribution in [2.75, 3.05) is 7.05 Å². The zero-order chi connectivity index (χ0) is 23.6. The first-order valence-electron chi connectivity index (χ1n) is 11.4. The molecule has 0 radical (unpaired) electrons. The molecule has 0 unspecified atom stereocenters. The third-order valence-electron chi connectivity index (χ3n) is 7.17. The van der Waals surface area contributed by atoms with Crippen LogP contribution in [0.1, 0.15) is 53.2 Å². The van der Waals surface area contributed by atoms with E-state index in [1.807, 2.05) is 25.3 Å². The molecule has 1 saturated carbocycles. The number of carbonyl (C=O) groups excluding carboxylic acids is 1. The van der Waals surface area contributed by atoms with Crippen molar-refractivity contribution < 1.29 is 4.79 Å². The highest BCUT2D eigenvalue weighted by Crippen LogP contribution is 2.46. The topological polar surface area (TPSA) is 92.9 Å². The van der Waals surface area contributed by atoms with E-state index in [0.29, 0.717) is 11.5 Å². The molecule has 1 aliphatic heterocycles. The molecule has 0 spiro atoms. The number of rotatable bonds is 3. The minimum Gasteiger partial charge on any atom is -0.345 e. The van der Waals surface area contributed by atoms with Crippen LogP contribution in [-0.2, 0) is 10.3 Å². The van der Waals surface area contributed by atoms with Gasteiger partial charge in [-0.1, -0.05) is 24.3 Å². The van der Waals surface area contributed by atoms with E-state index in [0.717, 1.165) is 31.4 Å². The summed E-state index contributed by atoms with van der Waals surface area (Å²) in [6.07, 6.45) is 4.31. The summed E-state index contributed by atoms with van der Waals surface area (Å²) in [6, 6.07) is 18.2. The standard InChI is InChI=1S/C27H23N5OS/c1-27(22-12-19-14-30-21-10-3-15(13-28)11-20(21)24(19)34-22)23(25(33)32(2)26(29)31-27)18-8-6-17(7-9-18)16-4-5-16/h3,6-12,14,16,23H,4-5H2,1-2H3,(H2,29,31)/t23-,27+/m0/s1. The maximum Gasteiger partial charge on any atom is 0.239 e. The van der Waals surface area contributed by atoms with Crippen molar-refractivity contribution in [1.82, 2.24) is 15.2 Å². The van der Waals surface area contributed by atoms with E-state index in [1.165, 1.54) is 23.3 Å². The molecule has 3 heterocycles. The molecule has 4 aromatic rings. The number of nitrogens with one attached hydrogen (secondary N) is 2. The summed E-state index contributed by atoms with van der Waals surface area (Å²) >= 11 is 1.59. The van der Waals surface area contributed by atoms with E-state index < -0.39 is 11.5 Å². The van der Waals surface area contributed by atoms with Gasteiger partial charge < -0.3 is 5.32 Å². The molecule has 6 nitrogen and oxygen atoms in total. The number of hydrogen-bond donors (Lipinski definition) is 2. The van der Waals surface area contributed by atoms with Gasteiger partial charge in [0, 0.05) is 33.6 Å². The van der Waals surface area contributed by atoms with E-state index in [2.05, 4.69) is 46.7 Å². The number of nitrogens with zero attached hydrogens (tertiary/aromatic N) is 3. The van der Waals surface area contributed by atoms with Gasteiger partial charge in [0.05, 0.1) is 28.6 Å². The van der Waals surface area contributed by atoms with Crippen LogP contribution in [0.15, 0.2) is 54.7 Å². The summed E-state index contributed by atoms with van der Waals surface area (Å²) in [6.45, 7) is 2.01. The molecule has 168 valence electrons. The summed E-state index contributed by atoms with van der Waals surface area (Å²) in [7, 11) is 1.65. The lowest BCUT2D eigenvalue weighted by Crippen LogP contribution is -2.62. The number of pyridine rings is 1. The second-order valence-electron chi connectivity index (χ2n) is 9.44. The molecule has 1 saturated heterocycles. The molecule has 0 bridgehead atoms. The summed E-state index contributed by atoms with van der Waals surface area (Å²) in [5.41, 5.74) is 2.89. The Balaban J connectivity index is 1.52. The maximum atomic E-state index is 13.6. The summed E-state index contributed by atoms with van der Waals surface area (Å²) in [5.74, 6) is 0.156. The van der Waals surface area contributed by atoms with Crippen LogP contribution in [0.5, 0.6) is 0 Å². The first kappa shape index (κ1) is 20.8. The molecule has 2 aliphatic rings. The molecule has 34 heavy (non-hydrogen) atoms. The molecular weight excluding hydrogens is 442 g/mol. The fourth-order valence-corrected chi connectivity index (χ4v) is 6.31. The maximum absolute atomic E-state index is 13.6. The van der Waals surface area contributed by atoms with Gasteiger partial charge in [-0.2, -0.15) is 5.26 Å². The van der Waals surface area contributed by atoms with E-state index in [1.54, 1.807) is 24.5 Å². The fraction of sp³-hybridized carbons (Fsp3) is 0.259. The molecule has 2 aromatic carbocycles. The van der Waals surface area contributed by atoms with Crippen LogP contribution >= 0.6 is 11.3 Å². The largest absolute Gasteiger partial charge is 0.345 e. The Morgan fingerprint density at radius 2 is 1.91 bits per heavy atom. The van der Waals surface area contributed by atoms with Crippen molar-refractivity contribution in [3.05, 3.63) is 76.3 Å². The number of nitriles is 1. The van der Waals surface area contributed by atoms with Crippen molar-refractivity contribution in [2.24, 2.45) is 0 Å². The van der Waals surface area contributed by atoms with E-state index in [9.17, 15) is 10.1 Å². The average molecular weight is 466 g/mol. The number of aromatic nitrogens is 1. The zero-order valence-electron chi connectivity index (χ0n) is 18.9. The number of amides is 1. The Morgan fingerprint density at radius 1 is 1.18 bits per heavy atom. The summed E-state index contributed by atoms with van der Waals surface area (Å²) in [4.78, 5) is 20.5. The van der Waals surface area contributed by atoms with Crippen molar-refractivity contribution in [1.29, 1.82) is 10.7 Å². The molecule has 2 N–H and O–H groups in total. The number of carbonyl (C=O) groups is 1. The quantitative estimate of drug-likeness (QED) is 0.435. The summed E-state index contributed by atoms with van der Waals surface area (Å²) < 4.78 is 1.03. The Bertz CT molecular complexity index is 1530. The minimum atomic E-state index is -0.801. The lowest BCUT2D eigenvalue weighted by atomic mass is 9.76. The van der Waals surface area contributed by atoms with Gasteiger partial charge in [0.15, 0.2) is 5.96 Å². The van der Waals surface area contributed by atoms with E-state index in [-0.39, 0.29) is 11.9 Å². The molecular formula is C27H23N5OS. The van der Waals surface area contributed by atoms with Crippen molar-refractivity contribution >= 4 is 44.2 Å². The van der Waals surface area contributed by atoms with Gasteiger partial charge in [-0.05, 0) is 61.1 Å². The predicted octanol–water partition coefficient (Wildman–Crippen LogP) is 5.19. The van der Waals surface area contributed by atoms with Gasteiger partial charge in [-0.25, -0.2) is 0 Å². The lowest BCUT2D eigenvalue weighted by molar-refractivity contribution is -0.131. The number of fused-ring (bicyclic) bond motifs is 3. The molecule has 1 aliphatic carbocycles. The van der Waals surface area contributed by atoms with E-state index >= 15 is 0 Å². The van der Waals surface area contributed by atoms with Crippen LogP contribution in [0.3, 0.4) is 0 Å². The smallest absolute Gasteiger partial charge is 0.239 e. The predicted molar refractivity (Wildman–Crippen MR) is 134 cm³/mol. The van der Waals surface area contributed by atoms with Crippen molar-refractivity contribution in [3.8, 4) is 6.07 Å². The van der Waals surface area contributed by atoms with Gasteiger partial charge in [0.25, 0.3) is 0 Å². The van der Waals surface area contributed by atoms with Crippen LogP contribution in [0.4, 0.5) is 0 Å². The Labute approximate surface area is 201 Å². The number of likely N-dealkylation sites (N-methyl/N-ethyl adjacent to an activating group) is 1. The minimum absolute atomic E-state index is 0.0885. The third-order valence-corrected chi connectivity index (χ3v) is 8.59. The van der Waals surface area contributed by atoms with Crippen LogP contribution in [0.25, 0.3) is 21.0 Å². The Morgan fingerprint density at radius 3 is 2.62 bits per heavy atom. The van der Waals surface area contributed by atoms with Crippen molar-refractivity contribution in [2.45, 2.75) is 37.1 Å². The number of thiophene rings is 1. The number of guanidine groups is 1. The van der Waals surface area contributed by atoms with Gasteiger partial charge in [-0.3, -0.25) is 20.1 Å². The molecule has 7 heteroatoms. The first-order valence-corrected chi connectivity index (χ1v) is 12.2. The highest BCUT2D eigenvalue weighted by Gasteiger charge is 2.49. The van der Waals surface area contributed by atoms with Crippen LogP contribution < -0.4 is 5.32 Å². The van der Waals surface area contributed by atoms with Crippen LogP contribution in [0.2, 0.25) is 0 Å². The Hall–Kier alpha value is -3.76. The van der Waals surface area contributed by atoms with Gasteiger partial charge >= 0.3 is 0 Å². The molecule has 2 aromatic heterocycles. The average Bonchev–Trinajstić information content (AvgIpc) is 3.60. The molecule has 2 atom stereocenters. The number of hydrogen-bond acceptors (Lipinski definition) is 5. The Kier molecular flexibility index (Phi) is 4.51. The molecule has 6 rings (SSSR count). The first-order chi connectivity index (χ1) is 16.4. The normalized spacial score (nSPS) is 22.7. The zero-order valence-corrected chi connectivity index (χ0v) is 19.7. The van der Waals surface area contributed by atoms with Crippen LogP contribution in [0, 0.1) is 16.7 Å². The molecule has 2 fully saturated rings. The SMILES string of the molecule is CN1C(=N)N[C@](C)(c2cc3cnc4ccc(C#N)cc4c3s2)[C@@H](c2ccc(C3CC3)cc2)C1=O. The fourth-order valence-electron chi connectivity index (χ4n) is 5.02. The second-order valence-corrected chi connectivity index (χ2v) is 10.5. The van der Waals surface area contributed by atoms with E-state index in [4.69, 9.17) is 5.41 Å². The van der Waals surface area contributed by atoms with Gasteiger partial charge in [0.1, 0.15) is 0 Å². The highest BCUT2D eigenvalue weighted by molar-refractivity contribution is 7.20. The molecule has 1 amide bonds. The third kappa shape index (κ3) is 3.10. The number of benzene rings is 2. The van der Waals surface area contributed by atoms with Gasteiger partial charge in [-0.15, -0.1) is 11.3 Å². The van der Waals surface area contributed by atoms with Gasteiger partial charge in [0.2, 0.25) is 5.91 Å². The second kappa shape index (κ2) is 7.37. The van der Waals surface area contributed by atoms with Crippen molar-refractivity contribution in [3.63, 3.8) is 0 Å². The highest BCUT2D eigenvalue weighted by atomic mass is 32.1. The lowest BCUT2D eigenvalue weighted by Gasteiger charge is -2.45. The summed E-state index contributed by atoms with van der Waals surface area (Å²) in [5, 5.41) is 23.1. The van der Waals surface area contributed by atoms with Crippen LogP contribution in [-0.4, -0.2) is 28.8 Å².